The maximum Gasteiger partial charge on any atom is 0.169 e. The number of hydrogen-bond donors (Lipinski definition) is 1. The van der Waals surface area contributed by atoms with Gasteiger partial charge in [-0.25, -0.2) is 9.98 Å². The molecule has 1 aromatic heterocycles. The topological polar surface area (TPSA) is 49.6 Å². The molecule has 0 radical (unpaired) electrons. The third kappa shape index (κ3) is 5.97. The monoisotopic (exact) mass is 630 g/mol. The quantitative estimate of drug-likeness (QED) is 0.178. The number of amidine groups is 2. The van der Waals surface area contributed by atoms with Gasteiger partial charge in [-0.15, -0.1) is 0 Å². The minimum absolute atomic E-state index is 0.393. The van der Waals surface area contributed by atoms with Crippen LogP contribution >= 0.6 is 0 Å². The van der Waals surface area contributed by atoms with E-state index in [0.29, 0.717) is 0 Å². The van der Waals surface area contributed by atoms with E-state index in [4.69, 9.17) is 9.98 Å². The maximum atomic E-state index is 5.10. The number of allylic oxidation sites excluding steroid dienone is 2. The molecular weight excluding hydrogens is 597 g/mol. The largest absolute Gasteiger partial charge is 0.324 e. The van der Waals surface area contributed by atoms with Gasteiger partial charge in [0, 0.05) is 22.7 Å². The smallest absolute Gasteiger partial charge is 0.169 e. The van der Waals surface area contributed by atoms with E-state index >= 15 is 0 Å². The highest BCUT2D eigenvalue weighted by atomic mass is 15.2. The Balaban J connectivity index is 1.15. The van der Waals surface area contributed by atoms with E-state index in [1.54, 1.807) is 0 Å². The average molecular weight is 631 g/mol. The number of aryl methyl sites for hydroxylation is 1. The van der Waals surface area contributed by atoms with E-state index in [-0.39, 0.29) is 0 Å². The van der Waals surface area contributed by atoms with Gasteiger partial charge in [-0.05, 0) is 68.8 Å². The van der Waals surface area contributed by atoms with Crippen molar-refractivity contribution < 1.29 is 0 Å². The van der Waals surface area contributed by atoms with Crippen molar-refractivity contribution >= 4 is 45.0 Å². The summed E-state index contributed by atoms with van der Waals surface area (Å²) in [5.74, 6) is 1.61. The molecule has 8 rings (SSSR count). The molecule has 6 aromatic carbocycles. The minimum Gasteiger partial charge on any atom is -0.324 e. The molecule has 1 aliphatic heterocycles. The molecule has 234 valence electrons. The molecule has 2 heterocycles. The molecule has 0 aliphatic carbocycles. The van der Waals surface area contributed by atoms with Gasteiger partial charge in [0.1, 0.15) is 11.7 Å². The second kappa shape index (κ2) is 13.0. The fourth-order valence-electron chi connectivity index (χ4n) is 6.55. The Morgan fingerprint density at radius 1 is 0.653 bits per heavy atom. The molecule has 0 atom stereocenters. The summed E-state index contributed by atoms with van der Waals surface area (Å²) in [4.78, 5) is 14.8. The van der Waals surface area contributed by atoms with E-state index < -0.39 is 6.17 Å². The Morgan fingerprint density at radius 3 is 2.06 bits per heavy atom. The van der Waals surface area contributed by atoms with E-state index in [1.165, 1.54) is 5.39 Å². The second-order valence-electron chi connectivity index (χ2n) is 12.2. The van der Waals surface area contributed by atoms with Crippen LogP contribution in [0, 0.1) is 6.92 Å². The lowest BCUT2D eigenvalue weighted by molar-refractivity contribution is 0.756. The molecule has 0 fully saturated rings. The van der Waals surface area contributed by atoms with Crippen LogP contribution in [0.25, 0.3) is 44.5 Å². The molecular formula is C45H34N4. The van der Waals surface area contributed by atoms with Crippen LogP contribution in [0.15, 0.2) is 174 Å². The fourth-order valence-corrected chi connectivity index (χ4v) is 6.55. The summed E-state index contributed by atoms with van der Waals surface area (Å²) in [7, 11) is 0. The molecule has 0 bridgehead atoms. The normalized spacial score (nSPS) is 13.3. The molecule has 7 aromatic rings. The average Bonchev–Trinajstić information content (AvgIpc) is 3.18. The van der Waals surface area contributed by atoms with Crippen LogP contribution in [0.3, 0.4) is 0 Å². The second-order valence-corrected chi connectivity index (χ2v) is 12.2. The highest BCUT2D eigenvalue weighted by Crippen LogP contribution is 2.36. The third-order valence-electron chi connectivity index (χ3n) is 9.13. The van der Waals surface area contributed by atoms with Crippen molar-refractivity contribution in [2.24, 2.45) is 9.98 Å². The lowest BCUT2D eigenvalue weighted by Crippen LogP contribution is -2.35. The number of rotatable bonds is 7. The lowest BCUT2D eigenvalue weighted by Gasteiger charge is -2.22. The van der Waals surface area contributed by atoms with Crippen molar-refractivity contribution in [2.75, 3.05) is 0 Å². The standard InChI is InChI=1S/C45H34N4/c1-30(22-23-32-24-25-33-19-12-28-46-42(33)31(32)2)38-26-27-39(41-21-10-9-20-40(38)41)36-17-11-18-37(29-36)45-48-43(34-13-5-3-6-14-34)47-44(49-45)35-15-7-4-8-16-35/h3-29,45H,1H2,2H3,(H,47,48,49)/b23-22-. The van der Waals surface area contributed by atoms with Crippen LogP contribution in [0.5, 0.6) is 0 Å². The van der Waals surface area contributed by atoms with Crippen LogP contribution in [0.1, 0.15) is 39.5 Å². The number of nitrogens with one attached hydrogen (secondary N) is 1. The van der Waals surface area contributed by atoms with E-state index in [0.717, 1.165) is 78.0 Å². The first-order valence-electron chi connectivity index (χ1n) is 16.5. The number of aliphatic imine (C=N–C) groups is 2. The summed E-state index contributed by atoms with van der Waals surface area (Å²) in [6, 6.07) is 50.4. The Hall–Kier alpha value is -6.39. The molecule has 4 nitrogen and oxygen atoms in total. The maximum absolute atomic E-state index is 5.10. The van der Waals surface area contributed by atoms with E-state index in [2.05, 4.69) is 139 Å². The van der Waals surface area contributed by atoms with Crippen molar-refractivity contribution in [1.82, 2.24) is 10.3 Å². The molecule has 0 spiro atoms. The highest BCUT2D eigenvalue weighted by Gasteiger charge is 2.21. The molecule has 4 heteroatoms. The Labute approximate surface area is 286 Å². The SMILES string of the molecule is C=C(/C=C\c1ccc2cccnc2c1C)c1ccc(-c2cccc(C3N=C(c4ccccc4)NC(c4ccccc4)=N3)c2)c2ccccc12. The number of hydrogen-bond acceptors (Lipinski definition) is 4. The minimum atomic E-state index is -0.393. The van der Waals surface area contributed by atoms with Gasteiger partial charge in [0.05, 0.1) is 5.52 Å². The van der Waals surface area contributed by atoms with Crippen LogP contribution in [-0.2, 0) is 0 Å². The summed E-state index contributed by atoms with van der Waals surface area (Å²) >= 11 is 0. The van der Waals surface area contributed by atoms with Crippen LogP contribution in [-0.4, -0.2) is 16.7 Å². The first kappa shape index (κ1) is 30.0. The molecule has 49 heavy (non-hydrogen) atoms. The molecule has 0 unspecified atom stereocenters. The van der Waals surface area contributed by atoms with Gasteiger partial charge in [-0.1, -0.05) is 152 Å². The Kier molecular flexibility index (Phi) is 7.96. The number of benzene rings is 6. The van der Waals surface area contributed by atoms with Crippen molar-refractivity contribution in [3.05, 3.63) is 198 Å². The van der Waals surface area contributed by atoms with Crippen LogP contribution in [0.4, 0.5) is 0 Å². The summed E-state index contributed by atoms with van der Waals surface area (Å²) in [5.41, 5.74) is 10.7. The number of nitrogens with zero attached hydrogens (tertiary/aromatic N) is 3. The third-order valence-corrected chi connectivity index (χ3v) is 9.13. The molecule has 1 N–H and O–H groups in total. The molecule has 1 aliphatic rings. The highest BCUT2D eigenvalue weighted by molar-refractivity contribution is 6.16. The zero-order valence-corrected chi connectivity index (χ0v) is 27.2. The van der Waals surface area contributed by atoms with Crippen molar-refractivity contribution in [2.45, 2.75) is 13.1 Å². The first-order chi connectivity index (χ1) is 24.1. The molecule has 0 saturated heterocycles. The summed E-state index contributed by atoms with van der Waals surface area (Å²) in [5, 5.41) is 6.97. The van der Waals surface area contributed by atoms with E-state index in [1.807, 2.05) is 48.7 Å². The van der Waals surface area contributed by atoms with Crippen LogP contribution < -0.4 is 5.32 Å². The summed E-state index contributed by atoms with van der Waals surface area (Å²) < 4.78 is 0. The zero-order chi connectivity index (χ0) is 33.2. The van der Waals surface area contributed by atoms with Gasteiger partial charge in [0.25, 0.3) is 0 Å². The number of pyridine rings is 1. The molecule has 0 amide bonds. The van der Waals surface area contributed by atoms with Gasteiger partial charge in [0.2, 0.25) is 0 Å². The van der Waals surface area contributed by atoms with Gasteiger partial charge >= 0.3 is 0 Å². The Bertz CT molecular complexity index is 2380. The van der Waals surface area contributed by atoms with Crippen LogP contribution in [0.2, 0.25) is 0 Å². The number of aromatic nitrogens is 1. The molecule has 0 saturated carbocycles. The van der Waals surface area contributed by atoms with Crippen molar-refractivity contribution in [1.29, 1.82) is 0 Å². The van der Waals surface area contributed by atoms with Gasteiger partial charge in [-0.2, -0.15) is 0 Å². The summed E-state index contributed by atoms with van der Waals surface area (Å²) in [6.07, 6.45) is 5.71. The lowest BCUT2D eigenvalue weighted by atomic mass is 9.91. The zero-order valence-electron chi connectivity index (χ0n) is 27.2. The van der Waals surface area contributed by atoms with Gasteiger partial charge < -0.3 is 5.32 Å². The fraction of sp³-hybridized carbons (Fsp3) is 0.0444. The predicted octanol–water partition coefficient (Wildman–Crippen LogP) is 10.6. The first-order valence-corrected chi connectivity index (χ1v) is 16.5. The van der Waals surface area contributed by atoms with Gasteiger partial charge in [-0.3, -0.25) is 4.98 Å². The van der Waals surface area contributed by atoms with Crippen molar-refractivity contribution in [3.63, 3.8) is 0 Å². The van der Waals surface area contributed by atoms with Gasteiger partial charge in [0.15, 0.2) is 6.17 Å². The summed E-state index contributed by atoms with van der Waals surface area (Å²) in [6.45, 7) is 6.61. The van der Waals surface area contributed by atoms with E-state index in [9.17, 15) is 0 Å². The predicted molar refractivity (Wildman–Crippen MR) is 206 cm³/mol. The van der Waals surface area contributed by atoms with Crippen molar-refractivity contribution in [3.8, 4) is 11.1 Å². The number of fused-ring (bicyclic) bond motifs is 2. The Morgan fingerprint density at radius 2 is 1.33 bits per heavy atom.